The fourth-order valence-electron chi connectivity index (χ4n) is 2.75. The van der Waals surface area contributed by atoms with E-state index in [4.69, 9.17) is 4.74 Å². The highest BCUT2D eigenvalue weighted by molar-refractivity contribution is 5.44. The van der Waals surface area contributed by atoms with E-state index in [0.717, 1.165) is 23.3 Å². The fraction of sp³-hybridized carbons (Fsp3) is 0.562. The first kappa shape index (κ1) is 15.5. The summed E-state index contributed by atoms with van der Waals surface area (Å²) in [6, 6.07) is 6.82. The molecular weight excluding hydrogens is 236 g/mol. The van der Waals surface area contributed by atoms with Crippen LogP contribution in [0.3, 0.4) is 0 Å². The second-order valence-electron chi connectivity index (χ2n) is 5.24. The Balaban J connectivity index is 3.29. The van der Waals surface area contributed by atoms with Crippen molar-refractivity contribution in [3.8, 4) is 11.8 Å². The molecule has 0 amide bonds. The summed E-state index contributed by atoms with van der Waals surface area (Å²) in [5, 5.41) is 9.34. The molecule has 0 spiro atoms. The van der Waals surface area contributed by atoms with Gasteiger partial charge in [0.25, 0.3) is 0 Å². The number of methoxy groups -OCH3 is 1. The molecule has 1 aromatic rings. The smallest absolute Gasteiger partial charge is 0.124 e. The minimum absolute atomic E-state index is 0.00203. The normalized spacial score (nSPS) is 14.0. The Morgan fingerprint density at radius 1 is 1.26 bits per heavy atom. The Kier molecular flexibility index (Phi) is 5.38. The monoisotopic (exact) mass is 260 g/mol. The van der Waals surface area contributed by atoms with Crippen molar-refractivity contribution in [3.05, 3.63) is 28.8 Å². The molecule has 0 aliphatic carbocycles. The summed E-state index contributed by atoms with van der Waals surface area (Å²) in [5.74, 6) is 0.938. The summed E-state index contributed by atoms with van der Waals surface area (Å²) in [6.07, 6.45) is 0.851. The lowest BCUT2D eigenvalue weighted by atomic mass is 9.89. The number of aryl methyl sites for hydroxylation is 2. The first-order valence-electron chi connectivity index (χ1n) is 6.67. The SMILES string of the molecule is CCC(C#N)C(c1cc(C)c(OC)c(C)c1)N(C)C. The summed E-state index contributed by atoms with van der Waals surface area (Å²) in [4.78, 5) is 2.12. The van der Waals surface area contributed by atoms with E-state index >= 15 is 0 Å². The predicted octanol–water partition coefficient (Wildman–Crippen LogP) is 3.46. The van der Waals surface area contributed by atoms with Gasteiger partial charge in [-0.25, -0.2) is 0 Å². The van der Waals surface area contributed by atoms with E-state index in [1.807, 2.05) is 14.1 Å². The quantitative estimate of drug-likeness (QED) is 0.813. The molecule has 19 heavy (non-hydrogen) atoms. The number of hydrogen-bond acceptors (Lipinski definition) is 3. The second kappa shape index (κ2) is 6.58. The summed E-state index contributed by atoms with van der Waals surface area (Å²) in [7, 11) is 5.75. The molecule has 0 aliphatic heterocycles. The molecule has 0 saturated heterocycles. The zero-order valence-electron chi connectivity index (χ0n) is 12.8. The molecule has 0 aromatic heterocycles. The summed E-state index contributed by atoms with van der Waals surface area (Å²) in [5.41, 5.74) is 3.43. The molecule has 0 saturated carbocycles. The van der Waals surface area contributed by atoms with Crippen LogP contribution in [-0.2, 0) is 0 Å². The van der Waals surface area contributed by atoms with Crippen molar-refractivity contribution in [2.24, 2.45) is 5.92 Å². The van der Waals surface area contributed by atoms with Crippen molar-refractivity contribution in [1.82, 2.24) is 4.90 Å². The van der Waals surface area contributed by atoms with E-state index < -0.39 is 0 Å². The van der Waals surface area contributed by atoms with Gasteiger partial charge in [0.05, 0.1) is 25.1 Å². The van der Waals surface area contributed by atoms with Gasteiger partial charge in [0.1, 0.15) is 5.75 Å². The lowest BCUT2D eigenvalue weighted by molar-refractivity contribution is 0.241. The van der Waals surface area contributed by atoms with E-state index in [-0.39, 0.29) is 12.0 Å². The van der Waals surface area contributed by atoms with E-state index in [0.29, 0.717) is 0 Å². The first-order valence-corrected chi connectivity index (χ1v) is 6.67. The van der Waals surface area contributed by atoms with Gasteiger partial charge in [-0.1, -0.05) is 19.1 Å². The van der Waals surface area contributed by atoms with Gasteiger partial charge < -0.3 is 9.64 Å². The van der Waals surface area contributed by atoms with Crippen LogP contribution in [0.2, 0.25) is 0 Å². The molecule has 0 N–H and O–H groups in total. The number of nitriles is 1. The third kappa shape index (κ3) is 3.27. The van der Waals surface area contributed by atoms with Gasteiger partial charge >= 0.3 is 0 Å². The molecule has 0 radical (unpaired) electrons. The summed E-state index contributed by atoms with van der Waals surface area (Å²) in [6.45, 7) is 6.17. The van der Waals surface area contributed by atoms with Crippen molar-refractivity contribution < 1.29 is 4.74 Å². The van der Waals surface area contributed by atoms with Crippen LogP contribution in [0.25, 0.3) is 0 Å². The number of benzene rings is 1. The molecule has 0 bridgehead atoms. The Morgan fingerprint density at radius 2 is 1.79 bits per heavy atom. The number of ether oxygens (including phenoxy) is 1. The zero-order valence-corrected chi connectivity index (χ0v) is 12.8. The molecular formula is C16H24N2O. The minimum Gasteiger partial charge on any atom is -0.496 e. The van der Waals surface area contributed by atoms with Crippen molar-refractivity contribution in [2.75, 3.05) is 21.2 Å². The van der Waals surface area contributed by atoms with Gasteiger partial charge in [-0.2, -0.15) is 5.26 Å². The van der Waals surface area contributed by atoms with E-state index in [9.17, 15) is 5.26 Å². The first-order chi connectivity index (χ1) is 8.96. The third-order valence-corrected chi connectivity index (χ3v) is 3.57. The molecule has 3 heteroatoms. The van der Waals surface area contributed by atoms with Crippen LogP contribution >= 0.6 is 0 Å². The topological polar surface area (TPSA) is 36.3 Å². The molecule has 0 fully saturated rings. The van der Waals surface area contributed by atoms with E-state index in [1.165, 1.54) is 5.56 Å². The van der Waals surface area contributed by atoms with Crippen LogP contribution in [0.15, 0.2) is 12.1 Å². The second-order valence-corrected chi connectivity index (χ2v) is 5.24. The molecule has 1 rings (SSSR count). The fourth-order valence-corrected chi connectivity index (χ4v) is 2.75. The van der Waals surface area contributed by atoms with Crippen molar-refractivity contribution in [1.29, 1.82) is 5.26 Å². The summed E-state index contributed by atoms with van der Waals surface area (Å²) < 4.78 is 5.41. The van der Waals surface area contributed by atoms with E-state index in [2.05, 4.69) is 43.9 Å². The van der Waals surface area contributed by atoms with Crippen LogP contribution in [0, 0.1) is 31.1 Å². The largest absolute Gasteiger partial charge is 0.496 e. The lowest BCUT2D eigenvalue weighted by Gasteiger charge is -2.29. The van der Waals surface area contributed by atoms with Crippen LogP contribution in [0.1, 0.15) is 36.1 Å². The number of hydrogen-bond donors (Lipinski definition) is 0. The maximum atomic E-state index is 9.34. The minimum atomic E-state index is 0.00203. The van der Waals surface area contributed by atoms with Crippen LogP contribution < -0.4 is 4.74 Å². The molecule has 0 aliphatic rings. The Bertz CT molecular complexity index is 451. The molecule has 2 unspecified atom stereocenters. The van der Waals surface area contributed by atoms with Crippen molar-refractivity contribution in [2.45, 2.75) is 33.2 Å². The number of rotatable bonds is 5. The maximum absolute atomic E-state index is 9.34. The average Bonchev–Trinajstić information content (AvgIpc) is 2.34. The Labute approximate surface area is 116 Å². The van der Waals surface area contributed by atoms with E-state index in [1.54, 1.807) is 7.11 Å². The molecule has 1 aromatic carbocycles. The van der Waals surface area contributed by atoms with Crippen LogP contribution in [-0.4, -0.2) is 26.1 Å². The van der Waals surface area contributed by atoms with Gasteiger partial charge in [0.15, 0.2) is 0 Å². The average molecular weight is 260 g/mol. The van der Waals surface area contributed by atoms with Gasteiger partial charge in [-0.15, -0.1) is 0 Å². The molecule has 3 nitrogen and oxygen atoms in total. The maximum Gasteiger partial charge on any atom is 0.124 e. The Morgan fingerprint density at radius 3 is 2.11 bits per heavy atom. The molecule has 0 heterocycles. The van der Waals surface area contributed by atoms with Gasteiger partial charge in [-0.05, 0) is 51.1 Å². The Hall–Kier alpha value is -1.53. The highest BCUT2D eigenvalue weighted by Gasteiger charge is 2.24. The standard InChI is InChI=1S/C16H24N2O/c1-7-13(10-17)15(18(4)5)14-8-11(2)16(19-6)12(3)9-14/h8-9,13,15H,7H2,1-6H3. The van der Waals surface area contributed by atoms with Gasteiger partial charge in [-0.3, -0.25) is 0 Å². The zero-order chi connectivity index (χ0) is 14.6. The number of nitrogens with zero attached hydrogens (tertiary/aromatic N) is 2. The van der Waals surface area contributed by atoms with Gasteiger partial charge in [0.2, 0.25) is 0 Å². The van der Waals surface area contributed by atoms with Crippen LogP contribution in [0.5, 0.6) is 5.75 Å². The van der Waals surface area contributed by atoms with Gasteiger partial charge in [0, 0.05) is 0 Å². The van der Waals surface area contributed by atoms with Crippen molar-refractivity contribution >= 4 is 0 Å². The lowest BCUT2D eigenvalue weighted by Crippen LogP contribution is -2.26. The predicted molar refractivity (Wildman–Crippen MR) is 78.3 cm³/mol. The third-order valence-electron chi connectivity index (χ3n) is 3.57. The van der Waals surface area contributed by atoms with Crippen LogP contribution in [0.4, 0.5) is 0 Å². The summed E-state index contributed by atoms with van der Waals surface area (Å²) >= 11 is 0. The highest BCUT2D eigenvalue weighted by Crippen LogP contribution is 2.33. The molecule has 2 atom stereocenters. The van der Waals surface area contributed by atoms with Crippen molar-refractivity contribution in [3.63, 3.8) is 0 Å². The molecule has 104 valence electrons. The highest BCUT2D eigenvalue weighted by atomic mass is 16.5.